The van der Waals surface area contributed by atoms with Crippen molar-refractivity contribution in [2.24, 2.45) is 5.92 Å². The van der Waals surface area contributed by atoms with Crippen molar-refractivity contribution in [2.75, 3.05) is 39.4 Å². The van der Waals surface area contributed by atoms with Crippen LogP contribution in [0.25, 0.3) is 11.1 Å². The van der Waals surface area contributed by atoms with E-state index in [0.717, 1.165) is 39.4 Å². The quantitative estimate of drug-likeness (QED) is 0.801. The lowest BCUT2D eigenvalue weighted by molar-refractivity contribution is 0.0213. The van der Waals surface area contributed by atoms with E-state index >= 15 is 0 Å². The van der Waals surface area contributed by atoms with Crippen molar-refractivity contribution in [1.82, 2.24) is 10.2 Å². The molecule has 148 valence electrons. The Morgan fingerprint density at radius 1 is 0.852 bits per heavy atom. The van der Waals surface area contributed by atoms with Gasteiger partial charge in [-0.15, -0.1) is 24.8 Å². The highest BCUT2D eigenvalue weighted by atomic mass is 35.5. The molecular weight excluding hydrogens is 379 g/mol. The summed E-state index contributed by atoms with van der Waals surface area (Å²) in [5, 5.41) is 3.49. The first-order valence-corrected chi connectivity index (χ1v) is 9.60. The molecule has 0 saturated carbocycles. The zero-order valence-corrected chi connectivity index (χ0v) is 17.3. The molecule has 2 aliphatic rings. The molecule has 1 N–H and O–H groups in total. The third-order valence-corrected chi connectivity index (χ3v) is 5.59. The molecule has 2 fully saturated rings. The molecule has 3 nitrogen and oxygen atoms in total. The highest BCUT2D eigenvalue weighted by Gasteiger charge is 2.31. The minimum Gasteiger partial charge on any atom is -0.381 e. The fourth-order valence-corrected chi connectivity index (χ4v) is 4.31. The van der Waals surface area contributed by atoms with Crippen LogP contribution in [0.2, 0.25) is 0 Å². The lowest BCUT2D eigenvalue weighted by Crippen LogP contribution is -2.47. The maximum absolute atomic E-state index is 5.64. The van der Waals surface area contributed by atoms with Crippen molar-refractivity contribution >= 4 is 24.8 Å². The van der Waals surface area contributed by atoms with E-state index < -0.39 is 0 Å². The number of hydrogen-bond acceptors (Lipinski definition) is 3. The van der Waals surface area contributed by atoms with Crippen LogP contribution in [0.3, 0.4) is 0 Å². The second kappa shape index (κ2) is 11.0. The molecule has 5 heteroatoms. The number of nitrogens with zero attached hydrogens (tertiary/aromatic N) is 1. The summed E-state index contributed by atoms with van der Waals surface area (Å²) < 4.78 is 5.64. The van der Waals surface area contributed by atoms with Gasteiger partial charge in [-0.1, -0.05) is 48.5 Å². The van der Waals surface area contributed by atoms with Crippen molar-refractivity contribution < 1.29 is 4.74 Å². The Labute approximate surface area is 175 Å². The second-order valence-electron chi connectivity index (χ2n) is 7.17. The lowest BCUT2D eigenvalue weighted by atomic mass is 9.84. The fourth-order valence-electron chi connectivity index (χ4n) is 4.31. The number of ether oxygens (including phenoxy) is 1. The zero-order valence-electron chi connectivity index (χ0n) is 15.7. The second-order valence-corrected chi connectivity index (χ2v) is 7.17. The molecule has 27 heavy (non-hydrogen) atoms. The van der Waals surface area contributed by atoms with Gasteiger partial charge >= 0.3 is 0 Å². The fraction of sp³-hybridized carbons (Fsp3) is 0.455. The number of nitrogens with one attached hydrogen (secondary N) is 1. The summed E-state index contributed by atoms with van der Waals surface area (Å²) in [5.74, 6) is 0.692. The van der Waals surface area contributed by atoms with Crippen LogP contribution in [0.4, 0.5) is 0 Å². The molecule has 0 aromatic heterocycles. The van der Waals surface area contributed by atoms with Crippen LogP contribution in [0.1, 0.15) is 24.4 Å². The smallest absolute Gasteiger partial charge is 0.0469 e. The van der Waals surface area contributed by atoms with Crippen molar-refractivity contribution in [3.63, 3.8) is 0 Å². The van der Waals surface area contributed by atoms with E-state index in [2.05, 4.69) is 64.8 Å². The molecule has 0 spiro atoms. The first kappa shape index (κ1) is 22.2. The minimum absolute atomic E-state index is 0. The Morgan fingerprint density at radius 2 is 1.52 bits per heavy atom. The summed E-state index contributed by atoms with van der Waals surface area (Å²) in [7, 11) is 0. The number of benzene rings is 2. The number of hydrogen-bond donors (Lipinski definition) is 1. The maximum atomic E-state index is 5.64. The van der Waals surface area contributed by atoms with E-state index in [9.17, 15) is 0 Å². The van der Waals surface area contributed by atoms with Crippen LogP contribution in [-0.2, 0) is 4.74 Å². The largest absolute Gasteiger partial charge is 0.381 e. The molecule has 0 amide bonds. The van der Waals surface area contributed by atoms with Gasteiger partial charge in [0.25, 0.3) is 0 Å². The van der Waals surface area contributed by atoms with Crippen molar-refractivity contribution in [3.8, 4) is 11.1 Å². The molecule has 2 aromatic carbocycles. The van der Waals surface area contributed by atoms with Crippen LogP contribution in [0.15, 0.2) is 54.6 Å². The molecule has 2 aliphatic heterocycles. The average molecular weight is 409 g/mol. The van der Waals surface area contributed by atoms with E-state index in [0.29, 0.717) is 12.0 Å². The molecule has 2 saturated heterocycles. The maximum Gasteiger partial charge on any atom is 0.0469 e. The standard InChI is InChI=1S/C22H28N2O.2ClH/c1-2-5-18(6-3-1)20-7-4-8-21(17-20)22(19-9-15-25-16-10-19)24-13-11-23-12-14-24;;/h1-8,17,19,22-23H,9-16H2;2*1H/t22-;;/m0../s1. The summed E-state index contributed by atoms with van der Waals surface area (Å²) in [6.45, 7) is 6.28. The van der Waals surface area contributed by atoms with Gasteiger partial charge in [0.1, 0.15) is 0 Å². The summed E-state index contributed by atoms with van der Waals surface area (Å²) in [5.41, 5.74) is 4.09. The molecule has 0 unspecified atom stereocenters. The number of piperazine rings is 1. The third-order valence-electron chi connectivity index (χ3n) is 5.59. The van der Waals surface area contributed by atoms with Crippen LogP contribution in [0.5, 0.6) is 0 Å². The SMILES string of the molecule is Cl.Cl.c1ccc(-c2cccc([C@H](C3CCOCC3)N3CCNCC3)c2)cc1. The van der Waals surface area contributed by atoms with Gasteiger partial charge in [-0.2, -0.15) is 0 Å². The predicted molar refractivity (Wildman–Crippen MR) is 117 cm³/mol. The van der Waals surface area contributed by atoms with Crippen molar-refractivity contribution in [2.45, 2.75) is 18.9 Å². The minimum atomic E-state index is 0. The average Bonchev–Trinajstić information content (AvgIpc) is 2.71. The molecule has 0 bridgehead atoms. The Hall–Kier alpha value is -1.10. The van der Waals surface area contributed by atoms with Gasteiger partial charge in [0.15, 0.2) is 0 Å². The van der Waals surface area contributed by atoms with Crippen LogP contribution < -0.4 is 5.32 Å². The van der Waals surface area contributed by atoms with Crippen LogP contribution in [0, 0.1) is 5.92 Å². The number of halogens is 2. The molecule has 2 aromatic rings. The first-order chi connectivity index (χ1) is 12.4. The molecular formula is C22H30Cl2N2O. The number of rotatable bonds is 4. The van der Waals surface area contributed by atoms with E-state index in [1.807, 2.05) is 0 Å². The zero-order chi connectivity index (χ0) is 16.9. The summed E-state index contributed by atoms with van der Waals surface area (Å²) in [6.07, 6.45) is 2.34. The van der Waals surface area contributed by atoms with E-state index in [1.165, 1.54) is 29.5 Å². The Kier molecular flexibility index (Phi) is 9.07. The van der Waals surface area contributed by atoms with Gasteiger partial charge in [0, 0.05) is 45.4 Å². The Bertz CT molecular complexity index is 653. The summed E-state index contributed by atoms with van der Waals surface area (Å²) in [6, 6.07) is 20.4. The van der Waals surface area contributed by atoms with E-state index in [-0.39, 0.29) is 24.8 Å². The summed E-state index contributed by atoms with van der Waals surface area (Å²) >= 11 is 0. The normalized spacial score (nSPS) is 19.6. The van der Waals surface area contributed by atoms with Crippen molar-refractivity contribution in [1.29, 1.82) is 0 Å². The molecule has 4 rings (SSSR count). The lowest BCUT2D eigenvalue weighted by Gasteiger charge is -2.41. The third kappa shape index (κ3) is 5.46. The van der Waals surface area contributed by atoms with E-state index in [4.69, 9.17) is 4.74 Å². The van der Waals surface area contributed by atoms with Crippen LogP contribution >= 0.6 is 24.8 Å². The van der Waals surface area contributed by atoms with E-state index in [1.54, 1.807) is 0 Å². The van der Waals surface area contributed by atoms with Gasteiger partial charge in [-0.3, -0.25) is 4.90 Å². The highest BCUT2D eigenvalue weighted by molar-refractivity contribution is 5.85. The summed E-state index contributed by atoms with van der Waals surface area (Å²) in [4.78, 5) is 2.69. The van der Waals surface area contributed by atoms with Gasteiger partial charge in [-0.05, 0) is 41.5 Å². The van der Waals surface area contributed by atoms with Gasteiger partial charge < -0.3 is 10.1 Å². The Balaban J connectivity index is 0.00000131. The molecule has 0 radical (unpaired) electrons. The predicted octanol–water partition coefficient (Wildman–Crippen LogP) is 4.57. The van der Waals surface area contributed by atoms with Gasteiger partial charge in [0.05, 0.1) is 0 Å². The van der Waals surface area contributed by atoms with Gasteiger partial charge in [0.2, 0.25) is 0 Å². The topological polar surface area (TPSA) is 24.5 Å². The first-order valence-electron chi connectivity index (χ1n) is 9.60. The monoisotopic (exact) mass is 408 g/mol. The van der Waals surface area contributed by atoms with Crippen LogP contribution in [-0.4, -0.2) is 44.3 Å². The van der Waals surface area contributed by atoms with Gasteiger partial charge in [-0.25, -0.2) is 0 Å². The molecule has 2 heterocycles. The Morgan fingerprint density at radius 3 is 2.22 bits per heavy atom. The molecule has 0 aliphatic carbocycles. The molecule has 1 atom stereocenters. The highest BCUT2D eigenvalue weighted by Crippen LogP contribution is 2.36. The van der Waals surface area contributed by atoms with Crippen molar-refractivity contribution in [3.05, 3.63) is 60.2 Å².